The molecule has 0 atom stereocenters. The molecule has 1 rings (SSSR count). The van der Waals surface area contributed by atoms with E-state index in [0.29, 0.717) is 0 Å². The predicted molar refractivity (Wildman–Crippen MR) is 42.9 cm³/mol. The maximum atomic E-state index is 5.42. The summed E-state index contributed by atoms with van der Waals surface area (Å²) >= 11 is 0. The number of hydrogen-bond donors (Lipinski definition) is 2. The van der Waals surface area contributed by atoms with Crippen LogP contribution in [-0.4, -0.2) is 11.5 Å². The summed E-state index contributed by atoms with van der Waals surface area (Å²) in [6.45, 7) is 2.89. The first-order chi connectivity index (χ1) is 4.88. The van der Waals surface area contributed by atoms with E-state index in [2.05, 4.69) is 18.0 Å². The fraction of sp³-hybridized carbons (Fsp3) is 0.500. The molecule has 1 aromatic rings. The number of nitrogens with two attached hydrogens (primary N) is 1. The van der Waals surface area contributed by atoms with Crippen molar-refractivity contribution in [3.63, 3.8) is 0 Å². The predicted octanol–water partition coefficient (Wildman–Crippen LogP) is 1.08. The first kappa shape index (κ1) is 7.35. The summed E-state index contributed by atoms with van der Waals surface area (Å²) in [5.41, 5.74) is 8.11. The second kappa shape index (κ2) is 3.42. The molecule has 0 fully saturated rings. The summed E-state index contributed by atoms with van der Waals surface area (Å²) in [5.74, 6) is 0. The molecule has 0 spiro atoms. The van der Waals surface area contributed by atoms with Crippen LogP contribution in [0.4, 0.5) is 0 Å². The number of hydrogen-bond acceptors (Lipinski definition) is 1. The third-order valence-electron chi connectivity index (χ3n) is 1.70. The van der Waals surface area contributed by atoms with Gasteiger partial charge in [-0.3, -0.25) is 0 Å². The quantitative estimate of drug-likeness (QED) is 0.644. The Balaban J connectivity index is 2.70. The van der Waals surface area contributed by atoms with Gasteiger partial charge in [-0.25, -0.2) is 0 Å². The molecule has 2 heteroatoms. The molecule has 0 saturated carbocycles. The lowest BCUT2D eigenvalue weighted by molar-refractivity contribution is 0.911. The van der Waals surface area contributed by atoms with Crippen LogP contribution >= 0.6 is 0 Å². The van der Waals surface area contributed by atoms with Gasteiger partial charge in [-0.05, 0) is 31.0 Å². The molecule has 0 bridgehead atoms. The molecule has 0 radical (unpaired) electrons. The molecule has 10 heavy (non-hydrogen) atoms. The highest BCUT2D eigenvalue weighted by Crippen LogP contribution is 2.06. The van der Waals surface area contributed by atoms with Crippen molar-refractivity contribution in [2.75, 3.05) is 6.54 Å². The Morgan fingerprint density at radius 3 is 3.00 bits per heavy atom. The first-order valence-corrected chi connectivity index (χ1v) is 3.73. The van der Waals surface area contributed by atoms with Gasteiger partial charge in [-0.1, -0.05) is 6.92 Å². The van der Waals surface area contributed by atoms with E-state index in [1.54, 1.807) is 0 Å². The summed E-state index contributed by atoms with van der Waals surface area (Å²) in [7, 11) is 0. The minimum Gasteiger partial charge on any atom is -0.365 e. The van der Waals surface area contributed by atoms with Crippen LogP contribution in [0.3, 0.4) is 0 Å². The lowest BCUT2D eigenvalue weighted by Crippen LogP contribution is -2.04. The standard InChI is InChI=1S/C8H14N2/c1-2-7-4-6-10-8(7)3-5-9/h4,6,10H,2-3,5,9H2,1H3. The van der Waals surface area contributed by atoms with E-state index in [-0.39, 0.29) is 0 Å². The monoisotopic (exact) mass is 138 g/mol. The topological polar surface area (TPSA) is 41.8 Å². The molecule has 0 aliphatic heterocycles. The van der Waals surface area contributed by atoms with Crippen molar-refractivity contribution in [3.8, 4) is 0 Å². The lowest BCUT2D eigenvalue weighted by atomic mass is 10.1. The highest BCUT2D eigenvalue weighted by atomic mass is 14.7. The molecule has 0 unspecified atom stereocenters. The van der Waals surface area contributed by atoms with Crippen molar-refractivity contribution >= 4 is 0 Å². The first-order valence-electron chi connectivity index (χ1n) is 3.73. The molecule has 0 amide bonds. The van der Waals surface area contributed by atoms with E-state index in [1.165, 1.54) is 11.3 Å². The summed E-state index contributed by atoms with van der Waals surface area (Å²) in [6, 6.07) is 2.12. The molecule has 0 aliphatic rings. The number of aryl methyl sites for hydroxylation is 1. The molecule has 1 aromatic heterocycles. The molecule has 56 valence electrons. The highest BCUT2D eigenvalue weighted by molar-refractivity contribution is 5.20. The van der Waals surface area contributed by atoms with Gasteiger partial charge in [0, 0.05) is 11.9 Å². The fourth-order valence-electron chi connectivity index (χ4n) is 1.14. The Morgan fingerprint density at radius 2 is 2.40 bits per heavy atom. The van der Waals surface area contributed by atoms with Crippen molar-refractivity contribution < 1.29 is 0 Å². The molecule has 3 N–H and O–H groups in total. The number of aromatic amines is 1. The highest BCUT2D eigenvalue weighted by Gasteiger charge is 1.98. The number of nitrogens with one attached hydrogen (secondary N) is 1. The van der Waals surface area contributed by atoms with E-state index >= 15 is 0 Å². The van der Waals surface area contributed by atoms with E-state index < -0.39 is 0 Å². The van der Waals surface area contributed by atoms with Crippen LogP contribution in [0.5, 0.6) is 0 Å². The van der Waals surface area contributed by atoms with Crippen molar-refractivity contribution in [1.82, 2.24) is 4.98 Å². The smallest absolute Gasteiger partial charge is 0.0192 e. The van der Waals surface area contributed by atoms with Crippen LogP contribution in [0, 0.1) is 0 Å². The Bertz CT molecular complexity index is 191. The van der Waals surface area contributed by atoms with E-state index in [0.717, 1.165) is 19.4 Å². The number of aromatic nitrogens is 1. The Labute approximate surface area is 61.4 Å². The van der Waals surface area contributed by atoms with Crippen molar-refractivity contribution in [2.24, 2.45) is 5.73 Å². The Kier molecular flexibility index (Phi) is 2.51. The van der Waals surface area contributed by atoms with Crippen LogP contribution < -0.4 is 5.73 Å². The van der Waals surface area contributed by atoms with Gasteiger partial charge < -0.3 is 10.7 Å². The Hall–Kier alpha value is -0.760. The van der Waals surface area contributed by atoms with Crippen molar-refractivity contribution in [1.29, 1.82) is 0 Å². The molecule has 0 saturated heterocycles. The van der Waals surface area contributed by atoms with Gasteiger partial charge >= 0.3 is 0 Å². The number of H-pyrrole nitrogens is 1. The van der Waals surface area contributed by atoms with E-state index in [1.807, 2.05) is 6.20 Å². The maximum Gasteiger partial charge on any atom is 0.0192 e. The van der Waals surface area contributed by atoms with Crippen molar-refractivity contribution in [3.05, 3.63) is 23.5 Å². The average Bonchev–Trinajstić information content (AvgIpc) is 2.36. The third-order valence-corrected chi connectivity index (χ3v) is 1.70. The average molecular weight is 138 g/mol. The summed E-state index contributed by atoms with van der Waals surface area (Å²) in [4.78, 5) is 3.18. The molecular formula is C8H14N2. The fourth-order valence-corrected chi connectivity index (χ4v) is 1.14. The van der Waals surface area contributed by atoms with E-state index in [9.17, 15) is 0 Å². The van der Waals surface area contributed by atoms with Gasteiger partial charge in [-0.2, -0.15) is 0 Å². The zero-order valence-corrected chi connectivity index (χ0v) is 6.35. The molecule has 1 heterocycles. The molecule has 0 aliphatic carbocycles. The Morgan fingerprint density at radius 1 is 1.60 bits per heavy atom. The molecular weight excluding hydrogens is 124 g/mol. The van der Waals surface area contributed by atoms with Gasteiger partial charge in [0.25, 0.3) is 0 Å². The van der Waals surface area contributed by atoms with Gasteiger partial charge in [0.15, 0.2) is 0 Å². The minimum atomic E-state index is 0.730. The normalized spacial score (nSPS) is 10.2. The van der Waals surface area contributed by atoms with Crippen LogP contribution in [0.25, 0.3) is 0 Å². The van der Waals surface area contributed by atoms with E-state index in [4.69, 9.17) is 5.73 Å². The van der Waals surface area contributed by atoms with Gasteiger partial charge in [0.2, 0.25) is 0 Å². The summed E-state index contributed by atoms with van der Waals surface area (Å²) < 4.78 is 0. The second-order valence-electron chi connectivity index (χ2n) is 2.37. The minimum absolute atomic E-state index is 0.730. The molecule has 0 aromatic carbocycles. The lowest BCUT2D eigenvalue weighted by Gasteiger charge is -1.97. The van der Waals surface area contributed by atoms with Gasteiger partial charge in [-0.15, -0.1) is 0 Å². The van der Waals surface area contributed by atoms with Crippen LogP contribution in [0.1, 0.15) is 18.2 Å². The second-order valence-corrected chi connectivity index (χ2v) is 2.37. The van der Waals surface area contributed by atoms with Gasteiger partial charge in [0.1, 0.15) is 0 Å². The number of rotatable bonds is 3. The molecule has 2 nitrogen and oxygen atoms in total. The van der Waals surface area contributed by atoms with Crippen LogP contribution in [-0.2, 0) is 12.8 Å². The van der Waals surface area contributed by atoms with Gasteiger partial charge in [0.05, 0.1) is 0 Å². The van der Waals surface area contributed by atoms with Crippen molar-refractivity contribution in [2.45, 2.75) is 19.8 Å². The SMILES string of the molecule is CCc1cc[nH]c1CCN. The maximum absolute atomic E-state index is 5.42. The zero-order chi connectivity index (χ0) is 7.40. The summed E-state index contributed by atoms with van der Waals surface area (Å²) in [6.07, 6.45) is 4.04. The van der Waals surface area contributed by atoms with Crippen LogP contribution in [0.2, 0.25) is 0 Å². The third kappa shape index (κ3) is 1.39. The summed E-state index contributed by atoms with van der Waals surface area (Å²) in [5, 5.41) is 0. The zero-order valence-electron chi connectivity index (χ0n) is 6.35. The van der Waals surface area contributed by atoms with Crippen LogP contribution in [0.15, 0.2) is 12.3 Å². The largest absolute Gasteiger partial charge is 0.365 e.